The molecule has 0 aliphatic carbocycles. The molecule has 1 N–H and O–H groups in total. The van der Waals surface area contributed by atoms with E-state index in [2.05, 4.69) is 34.6 Å². The summed E-state index contributed by atoms with van der Waals surface area (Å²) in [5.74, 6) is 0. The van der Waals surface area contributed by atoms with E-state index in [1.165, 1.54) is 4.70 Å². The summed E-state index contributed by atoms with van der Waals surface area (Å²) in [5.41, 5.74) is 4.06. The number of nitrogens with one attached hydrogen (secondary N) is 1. The van der Waals surface area contributed by atoms with Crippen molar-refractivity contribution in [2.24, 2.45) is 0 Å². The van der Waals surface area contributed by atoms with Gasteiger partial charge in [-0.2, -0.15) is 0 Å². The van der Waals surface area contributed by atoms with Crippen molar-refractivity contribution in [3.8, 4) is 0 Å². The van der Waals surface area contributed by atoms with Crippen LogP contribution in [0.25, 0.3) is 32.0 Å². The Morgan fingerprint density at radius 2 is 1.50 bits per heavy atom. The summed E-state index contributed by atoms with van der Waals surface area (Å²) < 4.78 is 1.18. The second-order valence-electron chi connectivity index (χ2n) is 5.67. The van der Waals surface area contributed by atoms with Gasteiger partial charge in [-0.15, -0.1) is 0 Å². The lowest BCUT2D eigenvalue weighted by molar-refractivity contribution is 1.44. The van der Waals surface area contributed by atoms with E-state index < -0.39 is 0 Å². The number of nitrogens with zero attached hydrogens (tertiary/aromatic N) is 2. The molecule has 24 heavy (non-hydrogen) atoms. The number of anilines is 2. The van der Waals surface area contributed by atoms with Crippen molar-refractivity contribution in [1.82, 2.24) is 9.97 Å². The quantitative estimate of drug-likeness (QED) is 0.420. The zero-order valence-electron chi connectivity index (χ0n) is 12.7. The largest absolute Gasteiger partial charge is 0.331 e. The van der Waals surface area contributed by atoms with Crippen molar-refractivity contribution in [1.29, 1.82) is 0 Å². The van der Waals surface area contributed by atoms with Crippen molar-refractivity contribution in [2.75, 3.05) is 5.32 Å². The first-order valence-electron chi connectivity index (χ1n) is 7.78. The van der Waals surface area contributed by atoms with Gasteiger partial charge in [0.25, 0.3) is 0 Å². The van der Waals surface area contributed by atoms with Crippen molar-refractivity contribution in [3.05, 3.63) is 72.8 Å². The molecule has 0 saturated carbocycles. The molecule has 0 radical (unpaired) electrons. The average Bonchev–Trinajstić information content (AvgIpc) is 3.03. The lowest BCUT2D eigenvalue weighted by atomic mass is 10.1. The van der Waals surface area contributed by atoms with E-state index in [1.807, 2.05) is 48.5 Å². The number of benzene rings is 3. The number of para-hydroxylation sites is 2. The van der Waals surface area contributed by atoms with Gasteiger partial charge < -0.3 is 5.32 Å². The van der Waals surface area contributed by atoms with Crippen LogP contribution in [0.15, 0.2) is 72.8 Å². The average molecular weight is 327 g/mol. The number of fused-ring (bicyclic) bond motifs is 3. The van der Waals surface area contributed by atoms with Gasteiger partial charge in [0.2, 0.25) is 0 Å². The van der Waals surface area contributed by atoms with Crippen molar-refractivity contribution in [3.63, 3.8) is 0 Å². The maximum Gasteiger partial charge on any atom is 0.188 e. The third-order valence-corrected chi connectivity index (χ3v) is 5.05. The Labute approximate surface area is 142 Å². The molecule has 0 aliphatic heterocycles. The monoisotopic (exact) mass is 327 g/mol. The SMILES string of the molecule is c1ccc2nc3cccc(Nc4nc5ccccc5s4)c3cc2c1. The summed E-state index contributed by atoms with van der Waals surface area (Å²) in [5, 5.41) is 6.62. The van der Waals surface area contributed by atoms with E-state index in [0.717, 1.165) is 38.1 Å². The van der Waals surface area contributed by atoms with E-state index in [0.29, 0.717) is 0 Å². The second-order valence-corrected chi connectivity index (χ2v) is 6.70. The molecule has 4 heteroatoms. The van der Waals surface area contributed by atoms with Crippen LogP contribution in [0.4, 0.5) is 10.8 Å². The lowest BCUT2D eigenvalue weighted by Gasteiger charge is -2.08. The van der Waals surface area contributed by atoms with E-state index in [4.69, 9.17) is 4.98 Å². The molecule has 0 fully saturated rings. The third kappa shape index (κ3) is 2.20. The molecule has 5 aromatic rings. The Morgan fingerprint density at radius 3 is 2.42 bits per heavy atom. The number of pyridine rings is 1. The number of hydrogen-bond acceptors (Lipinski definition) is 4. The Bertz CT molecular complexity index is 1160. The summed E-state index contributed by atoms with van der Waals surface area (Å²) in [6.07, 6.45) is 0. The van der Waals surface area contributed by atoms with Crippen LogP contribution in [0.1, 0.15) is 0 Å². The number of aromatic nitrogens is 2. The van der Waals surface area contributed by atoms with Crippen LogP contribution in [-0.4, -0.2) is 9.97 Å². The molecule has 5 rings (SSSR count). The molecule has 0 atom stereocenters. The topological polar surface area (TPSA) is 37.8 Å². The molecule has 2 heterocycles. The Hall–Kier alpha value is -2.98. The fourth-order valence-electron chi connectivity index (χ4n) is 2.95. The molecule has 0 spiro atoms. The van der Waals surface area contributed by atoms with Crippen LogP contribution in [0, 0.1) is 0 Å². The zero-order valence-corrected chi connectivity index (χ0v) is 13.5. The molecular formula is C20H13N3S. The normalized spacial score (nSPS) is 11.3. The van der Waals surface area contributed by atoms with Crippen molar-refractivity contribution < 1.29 is 0 Å². The Balaban J connectivity index is 1.66. The minimum Gasteiger partial charge on any atom is -0.331 e. The smallest absolute Gasteiger partial charge is 0.188 e. The van der Waals surface area contributed by atoms with Gasteiger partial charge in [0, 0.05) is 16.5 Å². The highest BCUT2D eigenvalue weighted by molar-refractivity contribution is 7.22. The van der Waals surface area contributed by atoms with Gasteiger partial charge in [0.15, 0.2) is 5.13 Å². The summed E-state index contributed by atoms with van der Waals surface area (Å²) in [6.45, 7) is 0. The molecule has 0 unspecified atom stereocenters. The van der Waals surface area contributed by atoms with Crippen LogP contribution < -0.4 is 5.32 Å². The first-order chi connectivity index (χ1) is 11.9. The molecule has 0 aliphatic rings. The highest BCUT2D eigenvalue weighted by Gasteiger charge is 2.07. The summed E-state index contributed by atoms with van der Waals surface area (Å²) in [6, 6.07) is 24.7. The van der Waals surface area contributed by atoms with E-state index in [9.17, 15) is 0 Å². The van der Waals surface area contributed by atoms with Gasteiger partial charge in [-0.1, -0.05) is 47.7 Å². The second kappa shape index (κ2) is 5.28. The lowest BCUT2D eigenvalue weighted by Crippen LogP contribution is -1.92. The van der Waals surface area contributed by atoms with Gasteiger partial charge in [-0.05, 0) is 36.4 Å². The Morgan fingerprint density at radius 1 is 0.708 bits per heavy atom. The predicted octanol–water partition coefficient (Wildman–Crippen LogP) is 5.74. The first kappa shape index (κ1) is 13.5. The summed E-state index contributed by atoms with van der Waals surface area (Å²) in [4.78, 5) is 9.43. The highest BCUT2D eigenvalue weighted by atomic mass is 32.1. The standard InChI is InChI=1S/C20H13N3S/c1-2-7-15-13(6-1)12-14-16(21-15)9-5-10-17(14)22-20-23-18-8-3-4-11-19(18)24-20/h1-12H,(H,22,23). The van der Waals surface area contributed by atoms with Crippen molar-refractivity contribution in [2.45, 2.75) is 0 Å². The summed E-state index contributed by atoms with van der Waals surface area (Å²) in [7, 11) is 0. The Kier molecular flexibility index (Phi) is 2.96. The van der Waals surface area contributed by atoms with Gasteiger partial charge in [-0.3, -0.25) is 0 Å². The molecule has 0 amide bonds. The molecular weight excluding hydrogens is 314 g/mol. The minimum absolute atomic E-state index is 0.900. The number of hydrogen-bond donors (Lipinski definition) is 1. The van der Waals surface area contributed by atoms with E-state index in [1.54, 1.807) is 11.3 Å². The molecule has 2 aromatic heterocycles. The fourth-order valence-corrected chi connectivity index (χ4v) is 3.83. The fraction of sp³-hybridized carbons (Fsp3) is 0. The van der Waals surface area contributed by atoms with Gasteiger partial charge >= 0.3 is 0 Å². The van der Waals surface area contributed by atoms with Crippen LogP contribution in [0.2, 0.25) is 0 Å². The van der Waals surface area contributed by atoms with Crippen LogP contribution in [-0.2, 0) is 0 Å². The van der Waals surface area contributed by atoms with E-state index in [-0.39, 0.29) is 0 Å². The zero-order chi connectivity index (χ0) is 15.9. The maximum absolute atomic E-state index is 4.77. The van der Waals surface area contributed by atoms with Crippen LogP contribution >= 0.6 is 11.3 Å². The molecule has 3 nitrogen and oxygen atoms in total. The van der Waals surface area contributed by atoms with Crippen LogP contribution in [0.3, 0.4) is 0 Å². The third-order valence-electron chi connectivity index (χ3n) is 4.10. The number of thiazole rings is 1. The van der Waals surface area contributed by atoms with Crippen LogP contribution in [0.5, 0.6) is 0 Å². The molecule has 0 saturated heterocycles. The van der Waals surface area contributed by atoms with Gasteiger partial charge in [0.05, 0.1) is 21.3 Å². The number of rotatable bonds is 2. The van der Waals surface area contributed by atoms with Crippen molar-refractivity contribution >= 4 is 54.2 Å². The maximum atomic E-state index is 4.77. The predicted molar refractivity (Wildman–Crippen MR) is 102 cm³/mol. The summed E-state index contributed by atoms with van der Waals surface area (Å²) >= 11 is 1.66. The molecule has 114 valence electrons. The molecule has 3 aromatic carbocycles. The minimum atomic E-state index is 0.900. The molecule has 0 bridgehead atoms. The van der Waals surface area contributed by atoms with Gasteiger partial charge in [-0.25, -0.2) is 9.97 Å². The first-order valence-corrected chi connectivity index (χ1v) is 8.60. The highest BCUT2D eigenvalue weighted by Crippen LogP contribution is 2.32. The van der Waals surface area contributed by atoms with E-state index >= 15 is 0 Å². The van der Waals surface area contributed by atoms with Gasteiger partial charge in [0.1, 0.15) is 0 Å².